The normalized spacial score (nSPS) is 29.5. The average molecular weight is 261 g/mol. The Labute approximate surface area is 114 Å². The lowest BCUT2D eigenvalue weighted by Crippen LogP contribution is -2.39. The molecule has 104 valence electrons. The summed E-state index contributed by atoms with van der Waals surface area (Å²) < 4.78 is 1.89. The third kappa shape index (κ3) is 2.68. The van der Waals surface area contributed by atoms with E-state index >= 15 is 0 Å². The standard InChI is InChI=1S/C15H23N3O/c1-10-3-4-11(2)18(10)17-15(19)9-12-7-13-5-6-14(8-12)16-13/h3-4,12-14,16H,5-9H2,1-2H3,(H,17,19). The molecule has 2 fully saturated rings. The Kier molecular flexibility index (Phi) is 3.35. The lowest BCUT2D eigenvalue weighted by atomic mass is 9.89. The van der Waals surface area contributed by atoms with Gasteiger partial charge in [0.1, 0.15) is 0 Å². The highest BCUT2D eigenvalue weighted by atomic mass is 16.2. The number of carbonyl (C=O) groups is 1. The van der Waals surface area contributed by atoms with E-state index in [1.807, 2.05) is 30.7 Å². The van der Waals surface area contributed by atoms with Crippen LogP contribution in [0, 0.1) is 19.8 Å². The molecule has 1 amide bonds. The maximum atomic E-state index is 12.2. The number of aryl methyl sites for hydroxylation is 2. The zero-order valence-electron chi connectivity index (χ0n) is 11.8. The molecular weight excluding hydrogens is 238 g/mol. The topological polar surface area (TPSA) is 46.1 Å². The van der Waals surface area contributed by atoms with E-state index in [2.05, 4.69) is 10.7 Å². The fourth-order valence-electron chi connectivity index (χ4n) is 3.62. The number of amides is 1. The van der Waals surface area contributed by atoms with Gasteiger partial charge in [0.15, 0.2) is 0 Å². The second-order valence-electron chi connectivity index (χ2n) is 6.17. The summed E-state index contributed by atoms with van der Waals surface area (Å²) >= 11 is 0. The van der Waals surface area contributed by atoms with Crippen molar-refractivity contribution in [2.24, 2.45) is 5.92 Å². The van der Waals surface area contributed by atoms with Crippen molar-refractivity contribution in [3.63, 3.8) is 0 Å². The lowest BCUT2D eigenvalue weighted by Gasteiger charge is -2.28. The summed E-state index contributed by atoms with van der Waals surface area (Å²) in [7, 11) is 0. The van der Waals surface area contributed by atoms with Gasteiger partial charge in [-0.25, -0.2) is 0 Å². The van der Waals surface area contributed by atoms with Crippen molar-refractivity contribution < 1.29 is 4.79 Å². The van der Waals surface area contributed by atoms with Crippen LogP contribution in [-0.4, -0.2) is 22.7 Å². The highest BCUT2D eigenvalue weighted by Crippen LogP contribution is 2.32. The number of rotatable bonds is 3. The maximum absolute atomic E-state index is 12.2. The van der Waals surface area contributed by atoms with E-state index in [4.69, 9.17) is 0 Å². The Morgan fingerprint density at radius 1 is 1.26 bits per heavy atom. The van der Waals surface area contributed by atoms with Gasteiger partial charge in [0.05, 0.1) is 0 Å². The number of piperidine rings is 1. The summed E-state index contributed by atoms with van der Waals surface area (Å²) in [5, 5.41) is 3.62. The molecule has 3 heterocycles. The van der Waals surface area contributed by atoms with Gasteiger partial charge in [0.25, 0.3) is 0 Å². The van der Waals surface area contributed by atoms with Gasteiger partial charge in [0, 0.05) is 29.9 Å². The molecule has 1 aromatic rings. The van der Waals surface area contributed by atoms with Crippen molar-refractivity contribution in [3.05, 3.63) is 23.5 Å². The molecule has 4 heteroatoms. The van der Waals surface area contributed by atoms with Crippen LogP contribution in [0.25, 0.3) is 0 Å². The Balaban J connectivity index is 1.57. The molecular formula is C15H23N3O. The molecule has 2 aliphatic heterocycles. The van der Waals surface area contributed by atoms with E-state index in [1.54, 1.807) is 0 Å². The van der Waals surface area contributed by atoms with E-state index in [0.29, 0.717) is 24.4 Å². The highest BCUT2D eigenvalue weighted by molar-refractivity contribution is 5.84. The highest BCUT2D eigenvalue weighted by Gasteiger charge is 2.34. The Morgan fingerprint density at radius 3 is 2.42 bits per heavy atom. The lowest BCUT2D eigenvalue weighted by molar-refractivity contribution is -0.118. The van der Waals surface area contributed by atoms with E-state index in [1.165, 1.54) is 12.8 Å². The molecule has 0 radical (unpaired) electrons. The van der Waals surface area contributed by atoms with Gasteiger partial charge in [-0.3, -0.25) is 14.9 Å². The summed E-state index contributed by atoms with van der Waals surface area (Å²) in [4.78, 5) is 12.2. The van der Waals surface area contributed by atoms with Gasteiger partial charge in [-0.2, -0.15) is 0 Å². The number of aromatic nitrogens is 1. The van der Waals surface area contributed by atoms with Crippen LogP contribution in [-0.2, 0) is 4.79 Å². The number of carbonyl (C=O) groups excluding carboxylic acids is 1. The molecule has 2 saturated heterocycles. The van der Waals surface area contributed by atoms with Crippen LogP contribution in [0.1, 0.15) is 43.5 Å². The molecule has 2 aliphatic rings. The summed E-state index contributed by atoms with van der Waals surface area (Å²) in [5.74, 6) is 0.698. The van der Waals surface area contributed by atoms with Gasteiger partial charge < -0.3 is 5.32 Å². The van der Waals surface area contributed by atoms with Crippen LogP contribution in [0.5, 0.6) is 0 Å². The molecule has 4 nitrogen and oxygen atoms in total. The van der Waals surface area contributed by atoms with Crippen LogP contribution in [0.3, 0.4) is 0 Å². The third-order valence-corrected chi connectivity index (χ3v) is 4.55. The molecule has 0 aliphatic carbocycles. The van der Waals surface area contributed by atoms with Crippen molar-refractivity contribution >= 4 is 5.91 Å². The quantitative estimate of drug-likeness (QED) is 0.875. The Bertz CT molecular complexity index is 448. The molecule has 0 spiro atoms. The summed E-state index contributed by atoms with van der Waals surface area (Å²) in [6, 6.07) is 5.37. The molecule has 2 bridgehead atoms. The van der Waals surface area contributed by atoms with Crippen LogP contribution in [0.4, 0.5) is 0 Å². The van der Waals surface area contributed by atoms with Crippen molar-refractivity contribution in [1.82, 2.24) is 9.99 Å². The number of nitrogens with zero attached hydrogens (tertiary/aromatic N) is 1. The Morgan fingerprint density at radius 2 is 1.84 bits per heavy atom. The second kappa shape index (κ2) is 5.00. The minimum absolute atomic E-state index is 0.147. The van der Waals surface area contributed by atoms with Crippen LogP contribution < -0.4 is 10.7 Å². The number of fused-ring (bicyclic) bond motifs is 2. The summed E-state index contributed by atoms with van der Waals surface area (Å²) in [6.45, 7) is 4.02. The average Bonchev–Trinajstić information content (AvgIpc) is 2.86. The first-order chi connectivity index (χ1) is 9.11. The second-order valence-corrected chi connectivity index (χ2v) is 6.17. The van der Waals surface area contributed by atoms with E-state index < -0.39 is 0 Å². The van der Waals surface area contributed by atoms with Gasteiger partial charge in [-0.1, -0.05) is 0 Å². The Hall–Kier alpha value is -1.29. The van der Waals surface area contributed by atoms with Gasteiger partial charge in [0.2, 0.25) is 5.91 Å². The first-order valence-corrected chi connectivity index (χ1v) is 7.32. The van der Waals surface area contributed by atoms with Crippen molar-refractivity contribution in [2.75, 3.05) is 5.43 Å². The number of hydrogen-bond donors (Lipinski definition) is 2. The molecule has 2 atom stereocenters. The number of hydrogen-bond acceptors (Lipinski definition) is 2. The zero-order valence-corrected chi connectivity index (χ0v) is 11.8. The molecule has 1 aromatic heterocycles. The van der Waals surface area contributed by atoms with E-state index in [-0.39, 0.29) is 5.91 Å². The minimum Gasteiger partial charge on any atom is -0.311 e. The number of nitrogens with one attached hydrogen (secondary N) is 2. The maximum Gasteiger partial charge on any atom is 0.239 e. The van der Waals surface area contributed by atoms with Crippen LogP contribution in [0.2, 0.25) is 0 Å². The van der Waals surface area contributed by atoms with Gasteiger partial charge in [-0.15, -0.1) is 0 Å². The van der Waals surface area contributed by atoms with Crippen molar-refractivity contribution in [3.8, 4) is 0 Å². The minimum atomic E-state index is 0.147. The molecule has 2 unspecified atom stereocenters. The first kappa shape index (κ1) is 12.7. The van der Waals surface area contributed by atoms with Gasteiger partial charge in [-0.05, 0) is 57.6 Å². The monoisotopic (exact) mass is 261 g/mol. The molecule has 0 saturated carbocycles. The van der Waals surface area contributed by atoms with E-state index in [0.717, 1.165) is 24.2 Å². The van der Waals surface area contributed by atoms with Crippen molar-refractivity contribution in [2.45, 2.75) is 58.0 Å². The summed E-state index contributed by atoms with van der Waals surface area (Å²) in [5.41, 5.74) is 5.17. The smallest absolute Gasteiger partial charge is 0.239 e. The molecule has 3 rings (SSSR count). The molecule has 2 N–H and O–H groups in total. The predicted octanol–water partition coefficient (Wildman–Crippen LogP) is 2.10. The largest absolute Gasteiger partial charge is 0.311 e. The molecule has 0 aromatic carbocycles. The third-order valence-electron chi connectivity index (χ3n) is 4.55. The van der Waals surface area contributed by atoms with Crippen LogP contribution in [0.15, 0.2) is 12.1 Å². The first-order valence-electron chi connectivity index (χ1n) is 7.32. The summed E-state index contributed by atoms with van der Waals surface area (Å²) in [6.07, 6.45) is 5.56. The molecule has 19 heavy (non-hydrogen) atoms. The zero-order chi connectivity index (χ0) is 13.4. The fraction of sp³-hybridized carbons (Fsp3) is 0.667. The van der Waals surface area contributed by atoms with Gasteiger partial charge >= 0.3 is 0 Å². The van der Waals surface area contributed by atoms with Crippen molar-refractivity contribution in [1.29, 1.82) is 0 Å². The SMILES string of the molecule is Cc1ccc(C)n1NC(=O)CC1CC2CCC(C1)N2. The van der Waals surface area contributed by atoms with E-state index in [9.17, 15) is 4.79 Å². The predicted molar refractivity (Wildman–Crippen MR) is 75.6 cm³/mol. The van der Waals surface area contributed by atoms with Crippen LogP contribution >= 0.6 is 0 Å². The fourth-order valence-corrected chi connectivity index (χ4v) is 3.62.